The van der Waals surface area contributed by atoms with Crippen LogP contribution in [-0.2, 0) is 4.84 Å². The number of oxime groups is 1. The lowest BCUT2D eigenvalue weighted by Gasteiger charge is -2.00. The van der Waals surface area contributed by atoms with E-state index >= 15 is 0 Å². The molecule has 0 aliphatic carbocycles. The van der Waals surface area contributed by atoms with E-state index in [-0.39, 0.29) is 11.2 Å². The summed E-state index contributed by atoms with van der Waals surface area (Å²) < 4.78 is 0. The van der Waals surface area contributed by atoms with Gasteiger partial charge >= 0.3 is 0 Å². The van der Waals surface area contributed by atoms with Crippen LogP contribution in [0.3, 0.4) is 0 Å². The van der Waals surface area contributed by atoms with Crippen molar-refractivity contribution in [1.29, 1.82) is 0 Å². The average Bonchev–Trinajstić information content (AvgIpc) is 2.94. The molecule has 18 heavy (non-hydrogen) atoms. The third-order valence-electron chi connectivity index (χ3n) is 2.37. The van der Waals surface area contributed by atoms with Gasteiger partial charge in [-0.05, 0) is 24.4 Å². The number of thiocarbonyl (C=S) groups is 1. The number of aromatic nitrogens is 1. The van der Waals surface area contributed by atoms with Crippen molar-refractivity contribution in [2.45, 2.75) is 12.5 Å². The molecule has 0 amide bonds. The molecule has 0 spiro atoms. The predicted octanol–water partition coefficient (Wildman–Crippen LogP) is 2.88. The van der Waals surface area contributed by atoms with Crippen LogP contribution in [0.1, 0.15) is 6.42 Å². The molecule has 0 saturated carbocycles. The lowest BCUT2D eigenvalue weighted by molar-refractivity contribution is 0.122. The topological polar surface area (TPSA) is 54.7 Å². The standard InChI is InChI=1S/C9H7N.C4H5NO2S/c1-2-6-9-8(4-1)5-3-7-10-9;6-4(8)3-1-2-5-7-3/h1-7H;2-3H,1H2,(H,6,8). The number of rotatable bonds is 1. The number of nitrogens with zero attached hydrogens (tertiary/aromatic N) is 2. The van der Waals surface area contributed by atoms with Crippen molar-refractivity contribution < 1.29 is 9.94 Å². The smallest absolute Gasteiger partial charge is 0.201 e. The van der Waals surface area contributed by atoms with E-state index < -0.39 is 0 Å². The highest BCUT2D eigenvalue weighted by Gasteiger charge is 2.16. The number of hydrogen-bond donors (Lipinski definition) is 1. The molecule has 0 bridgehead atoms. The number of hydrogen-bond acceptors (Lipinski definition) is 4. The Labute approximate surface area is 110 Å². The van der Waals surface area contributed by atoms with E-state index in [9.17, 15) is 0 Å². The van der Waals surface area contributed by atoms with E-state index in [2.05, 4.69) is 39.3 Å². The molecule has 1 aliphatic heterocycles. The Morgan fingerprint density at radius 3 is 2.67 bits per heavy atom. The van der Waals surface area contributed by atoms with Crippen molar-refractivity contribution in [2.75, 3.05) is 0 Å². The van der Waals surface area contributed by atoms with Crippen LogP contribution in [0, 0.1) is 0 Å². The van der Waals surface area contributed by atoms with Crippen molar-refractivity contribution in [1.82, 2.24) is 4.98 Å². The Balaban J connectivity index is 0.000000138. The van der Waals surface area contributed by atoms with E-state index in [1.54, 1.807) is 6.21 Å². The summed E-state index contributed by atoms with van der Waals surface area (Å²) in [6, 6.07) is 12.1. The van der Waals surface area contributed by atoms with Gasteiger partial charge in [0.15, 0.2) is 6.10 Å². The van der Waals surface area contributed by atoms with Crippen LogP contribution in [0.4, 0.5) is 0 Å². The number of benzene rings is 1. The van der Waals surface area contributed by atoms with E-state index in [0.717, 1.165) is 5.52 Å². The van der Waals surface area contributed by atoms with E-state index in [4.69, 9.17) is 5.11 Å². The maximum Gasteiger partial charge on any atom is 0.201 e. The molecule has 5 heteroatoms. The van der Waals surface area contributed by atoms with Gasteiger partial charge in [0.1, 0.15) is 0 Å². The zero-order valence-corrected chi connectivity index (χ0v) is 10.4. The van der Waals surface area contributed by atoms with Gasteiger partial charge in [0.05, 0.1) is 5.52 Å². The van der Waals surface area contributed by atoms with Crippen LogP contribution in [0.25, 0.3) is 10.9 Å². The molecular formula is C13H12N2O2S. The minimum Gasteiger partial charge on any atom is -0.499 e. The van der Waals surface area contributed by atoms with Gasteiger partial charge < -0.3 is 9.94 Å². The van der Waals surface area contributed by atoms with Gasteiger partial charge in [0.25, 0.3) is 0 Å². The largest absolute Gasteiger partial charge is 0.499 e. The summed E-state index contributed by atoms with van der Waals surface area (Å²) in [5.74, 6) is 0. The molecule has 1 atom stereocenters. The van der Waals surface area contributed by atoms with Gasteiger partial charge in [-0.3, -0.25) is 4.98 Å². The normalized spacial score (nSPS) is 16.8. The van der Waals surface area contributed by atoms with Crippen molar-refractivity contribution in [3.63, 3.8) is 0 Å². The lowest BCUT2D eigenvalue weighted by Crippen LogP contribution is -2.15. The third kappa shape index (κ3) is 3.24. The number of aliphatic hydroxyl groups excluding tert-OH is 1. The molecule has 92 valence electrons. The fourth-order valence-electron chi connectivity index (χ4n) is 1.46. The molecule has 1 N–H and O–H groups in total. The lowest BCUT2D eigenvalue weighted by atomic mass is 10.2. The minimum absolute atomic E-state index is 0.123. The van der Waals surface area contributed by atoms with E-state index in [0.29, 0.717) is 6.42 Å². The van der Waals surface area contributed by atoms with Crippen LogP contribution >= 0.6 is 12.2 Å². The van der Waals surface area contributed by atoms with Crippen molar-refractivity contribution >= 4 is 34.4 Å². The van der Waals surface area contributed by atoms with Gasteiger partial charge in [-0.1, -0.05) is 29.4 Å². The fourth-order valence-corrected chi connectivity index (χ4v) is 1.60. The van der Waals surface area contributed by atoms with Crippen LogP contribution in [0.2, 0.25) is 0 Å². The first-order chi connectivity index (χ1) is 8.77. The molecule has 1 aliphatic rings. The molecule has 3 rings (SSSR count). The highest BCUT2D eigenvalue weighted by atomic mass is 32.1. The van der Waals surface area contributed by atoms with Gasteiger partial charge in [0.2, 0.25) is 5.05 Å². The van der Waals surface area contributed by atoms with Crippen LogP contribution < -0.4 is 0 Å². The van der Waals surface area contributed by atoms with Gasteiger partial charge in [0, 0.05) is 24.2 Å². The van der Waals surface area contributed by atoms with Crippen molar-refractivity contribution in [3.8, 4) is 0 Å². The molecular weight excluding hydrogens is 248 g/mol. The zero-order chi connectivity index (χ0) is 12.8. The first-order valence-corrected chi connectivity index (χ1v) is 5.88. The molecule has 1 unspecified atom stereocenters. The summed E-state index contributed by atoms with van der Waals surface area (Å²) in [6.45, 7) is 0. The minimum atomic E-state index is -0.370. The summed E-state index contributed by atoms with van der Waals surface area (Å²) in [6.07, 6.45) is 3.61. The Bertz CT molecular complexity index is 498. The number of fused-ring (bicyclic) bond motifs is 1. The van der Waals surface area contributed by atoms with Gasteiger partial charge in [-0.25, -0.2) is 0 Å². The van der Waals surface area contributed by atoms with Crippen molar-refractivity contribution in [3.05, 3.63) is 42.6 Å². The molecule has 1 aromatic heterocycles. The second-order valence-corrected chi connectivity index (χ2v) is 4.07. The van der Waals surface area contributed by atoms with Crippen LogP contribution in [0.15, 0.2) is 47.8 Å². The van der Waals surface area contributed by atoms with Gasteiger partial charge in [-0.15, -0.1) is 0 Å². The molecule has 0 saturated heterocycles. The highest BCUT2D eigenvalue weighted by Crippen LogP contribution is 2.08. The van der Waals surface area contributed by atoms with Crippen LogP contribution in [-0.4, -0.2) is 27.5 Å². The SMILES string of the molecule is OC(=S)C1CC=NO1.c1ccc2ncccc2c1. The Hall–Kier alpha value is -2.01. The summed E-state index contributed by atoms with van der Waals surface area (Å²) >= 11 is 4.41. The average molecular weight is 260 g/mol. The molecule has 0 radical (unpaired) electrons. The summed E-state index contributed by atoms with van der Waals surface area (Å²) in [5.41, 5.74) is 1.06. The number of aliphatic hydroxyl groups is 1. The Morgan fingerprint density at radius 2 is 2.06 bits per heavy atom. The first kappa shape index (κ1) is 12.4. The van der Waals surface area contributed by atoms with Gasteiger partial charge in [-0.2, -0.15) is 0 Å². The second kappa shape index (κ2) is 6.07. The maximum absolute atomic E-state index is 8.58. The predicted molar refractivity (Wildman–Crippen MR) is 75.0 cm³/mol. The Kier molecular flexibility index (Phi) is 4.20. The third-order valence-corrected chi connectivity index (χ3v) is 2.63. The molecule has 1 aromatic carbocycles. The summed E-state index contributed by atoms with van der Waals surface area (Å²) in [5, 5.41) is 13.1. The maximum atomic E-state index is 8.58. The molecule has 4 nitrogen and oxygen atoms in total. The fraction of sp³-hybridized carbons (Fsp3) is 0.154. The molecule has 2 aromatic rings. The highest BCUT2D eigenvalue weighted by molar-refractivity contribution is 7.80. The second-order valence-electron chi connectivity index (χ2n) is 3.65. The summed E-state index contributed by atoms with van der Waals surface area (Å²) in [4.78, 5) is 8.77. The van der Waals surface area contributed by atoms with Crippen LogP contribution in [0.5, 0.6) is 0 Å². The monoisotopic (exact) mass is 260 g/mol. The van der Waals surface area contributed by atoms with E-state index in [1.807, 2.05) is 30.5 Å². The molecule has 2 heterocycles. The first-order valence-electron chi connectivity index (χ1n) is 5.47. The Morgan fingerprint density at radius 1 is 1.28 bits per heavy atom. The zero-order valence-electron chi connectivity index (χ0n) is 9.56. The number of para-hydroxylation sites is 1. The van der Waals surface area contributed by atoms with Crippen molar-refractivity contribution in [2.24, 2.45) is 5.16 Å². The number of pyridine rings is 1. The quantitative estimate of drug-likeness (QED) is 0.801. The summed E-state index contributed by atoms with van der Waals surface area (Å²) in [7, 11) is 0. The van der Waals surface area contributed by atoms with E-state index in [1.165, 1.54) is 5.39 Å². The molecule has 0 fully saturated rings.